The summed E-state index contributed by atoms with van der Waals surface area (Å²) in [5, 5.41) is 0. The SMILES string of the molecule is CCCN1CCCC1COc1ccc(C(=O)c2ccc(I)cc2)cc1. The van der Waals surface area contributed by atoms with Crippen LogP contribution in [0.5, 0.6) is 5.75 Å². The fraction of sp³-hybridized carbons (Fsp3) is 0.381. The highest BCUT2D eigenvalue weighted by molar-refractivity contribution is 14.1. The van der Waals surface area contributed by atoms with Crippen LogP contribution < -0.4 is 4.74 Å². The first kappa shape index (κ1) is 18.4. The fourth-order valence-electron chi connectivity index (χ4n) is 3.33. The van der Waals surface area contributed by atoms with Crippen molar-refractivity contribution < 1.29 is 9.53 Å². The van der Waals surface area contributed by atoms with Crippen molar-refractivity contribution in [1.29, 1.82) is 0 Å². The second-order valence-electron chi connectivity index (χ2n) is 6.50. The van der Waals surface area contributed by atoms with Crippen molar-refractivity contribution in [2.24, 2.45) is 0 Å². The summed E-state index contributed by atoms with van der Waals surface area (Å²) in [4.78, 5) is 15.0. The molecular formula is C21H24INO2. The molecule has 4 heteroatoms. The summed E-state index contributed by atoms with van der Waals surface area (Å²) in [5.74, 6) is 0.885. The van der Waals surface area contributed by atoms with Gasteiger partial charge in [0.15, 0.2) is 5.78 Å². The van der Waals surface area contributed by atoms with Crippen molar-refractivity contribution in [3.63, 3.8) is 0 Å². The lowest BCUT2D eigenvalue weighted by Gasteiger charge is -2.23. The zero-order valence-corrected chi connectivity index (χ0v) is 16.7. The van der Waals surface area contributed by atoms with E-state index < -0.39 is 0 Å². The average Bonchev–Trinajstić information content (AvgIpc) is 3.08. The van der Waals surface area contributed by atoms with Crippen molar-refractivity contribution >= 4 is 28.4 Å². The van der Waals surface area contributed by atoms with Crippen LogP contribution in [-0.4, -0.2) is 36.4 Å². The lowest BCUT2D eigenvalue weighted by atomic mass is 10.0. The molecule has 0 spiro atoms. The quantitative estimate of drug-likeness (QED) is 0.451. The zero-order valence-electron chi connectivity index (χ0n) is 14.6. The summed E-state index contributed by atoms with van der Waals surface area (Å²) >= 11 is 2.24. The van der Waals surface area contributed by atoms with Gasteiger partial charge in [0.2, 0.25) is 0 Å². The molecule has 1 aliphatic heterocycles. The van der Waals surface area contributed by atoms with E-state index in [4.69, 9.17) is 4.74 Å². The van der Waals surface area contributed by atoms with Crippen LogP contribution in [0, 0.1) is 3.57 Å². The van der Waals surface area contributed by atoms with E-state index in [9.17, 15) is 4.79 Å². The molecule has 0 aliphatic carbocycles. The normalized spacial score (nSPS) is 17.6. The van der Waals surface area contributed by atoms with Crippen molar-refractivity contribution in [1.82, 2.24) is 4.90 Å². The molecule has 2 aromatic rings. The Hall–Kier alpha value is -1.40. The highest BCUT2D eigenvalue weighted by Gasteiger charge is 2.24. The Morgan fingerprint density at radius 2 is 1.76 bits per heavy atom. The third kappa shape index (κ3) is 4.82. The van der Waals surface area contributed by atoms with Crippen LogP contribution in [-0.2, 0) is 0 Å². The lowest BCUT2D eigenvalue weighted by Crippen LogP contribution is -2.34. The molecule has 1 saturated heterocycles. The van der Waals surface area contributed by atoms with E-state index in [1.54, 1.807) is 0 Å². The van der Waals surface area contributed by atoms with Crippen molar-refractivity contribution in [2.45, 2.75) is 32.2 Å². The number of carbonyl (C=O) groups is 1. The van der Waals surface area contributed by atoms with E-state index >= 15 is 0 Å². The summed E-state index contributed by atoms with van der Waals surface area (Å²) in [5.41, 5.74) is 1.41. The molecule has 1 atom stereocenters. The largest absolute Gasteiger partial charge is 0.492 e. The Morgan fingerprint density at radius 3 is 2.40 bits per heavy atom. The Morgan fingerprint density at radius 1 is 1.12 bits per heavy atom. The topological polar surface area (TPSA) is 29.5 Å². The van der Waals surface area contributed by atoms with Crippen LogP contribution in [0.15, 0.2) is 48.5 Å². The van der Waals surface area contributed by atoms with Gasteiger partial charge in [-0.15, -0.1) is 0 Å². The molecule has 0 bridgehead atoms. The molecular weight excluding hydrogens is 425 g/mol. The summed E-state index contributed by atoms with van der Waals surface area (Å²) in [7, 11) is 0. The van der Waals surface area contributed by atoms with Crippen LogP contribution in [0.2, 0.25) is 0 Å². The van der Waals surface area contributed by atoms with Gasteiger partial charge in [0.25, 0.3) is 0 Å². The van der Waals surface area contributed by atoms with Gasteiger partial charge in [-0.2, -0.15) is 0 Å². The van der Waals surface area contributed by atoms with Gasteiger partial charge in [0.1, 0.15) is 12.4 Å². The van der Waals surface area contributed by atoms with E-state index in [0.717, 1.165) is 28.0 Å². The molecule has 25 heavy (non-hydrogen) atoms. The highest BCUT2D eigenvalue weighted by atomic mass is 127. The monoisotopic (exact) mass is 449 g/mol. The number of ketones is 1. The molecule has 1 heterocycles. The van der Waals surface area contributed by atoms with Crippen LogP contribution in [0.4, 0.5) is 0 Å². The van der Waals surface area contributed by atoms with Crippen LogP contribution >= 0.6 is 22.6 Å². The number of benzene rings is 2. The van der Waals surface area contributed by atoms with Crippen molar-refractivity contribution in [3.8, 4) is 5.75 Å². The van der Waals surface area contributed by atoms with Gasteiger partial charge in [-0.3, -0.25) is 9.69 Å². The number of nitrogens with zero attached hydrogens (tertiary/aromatic N) is 1. The van der Waals surface area contributed by atoms with Crippen molar-refractivity contribution in [2.75, 3.05) is 19.7 Å². The molecule has 132 valence electrons. The fourth-order valence-corrected chi connectivity index (χ4v) is 3.69. The molecule has 0 aromatic heterocycles. The second kappa shape index (κ2) is 8.81. The summed E-state index contributed by atoms with van der Waals surface area (Å²) in [6, 6.07) is 15.7. The number of halogens is 1. The maximum Gasteiger partial charge on any atom is 0.193 e. The third-order valence-corrected chi connectivity index (χ3v) is 5.39. The second-order valence-corrected chi connectivity index (χ2v) is 7.75. The summed E-state index contributed by atoms with van der Waals surface area (Å²) in [6.45, 7) is 5.28. The first-order chi connectivity index (χ1) is 12.2. The number of likely N-dealkylation sites (tertiary alicyclic amines) is 1. The Labute approximate surface area is 163 Å². The standard InChI is InChI=1S/C21H24INO2/c1-2-13-23-14-3-4-19(23)15-25-20-11-7-17(8-12-20)21(24)16-5-9-18(22)10-6-16/h5-12,19H,2-4,13-15H2,1H3. The zero-order chi connectivity index (χ0) is 17.6. The maximum atomic E-state index is 12.5. The minimum absolute atomic E-state index is 0.0489. The van der Waals surface area contributed by atoms with E-state index in [-0.39, 0.29) is 5.78 Å². The van der Waals surface area contributed by atoms with Crippen LogP contribution in [0.1, 0.15) is 42.1 Å². The molecule has 2 aromatic carbocycles. The summed E-state index contributed by atoms with van der Waals surface area (Å²) < 4.78 is 7.10. The summed E-state index contributed by atoms with van der Waals surface area (Å²) in [6.07, 6.45) is 3.66. The van der Waals surface area contributed by atoms with E-state index in [1.807, 2.05) is 48.5 Å². The molecule has 1 aliphatic rings. The smallest absolute Gasteiger partial charge is 0.193 e. The number of ether oxygens (including phenoxy) is 1. The number of hydrogen-bond donors (Lipinski definition) is 0. The minimum atomic E-state index is 0.0489. The number of hydrogen-bond acceptors (Lipinski definition) is 3. The van der Waals surface area contributed by atoms with Crippen LogP contribution in [0.3, 0.4) is 0 Å². The number of carbonyl (C=O) groups excluding carboxylic acids is 1. The van der Waals surface area contributed by atoms with Crippen LogP contribution in [0.25, 0.3) is 0 Å². The van der Waals surface area contributed by atoms with E-state index in [1.165, 1.54) is 25.8 Å². The maximum absolute atomic E-state index is 12.5. The first-order valence-corrected chi connectivity index (χ1v) is 10.0. The Bertz CT molecular complexity index is 697. The van der Waals surface area contributed by atoms with Gasteiger partial charge in [-0.25, -0.2) is 0 Å². The molecule has 0 saturated carbocycles. The minimum Gasteiger partial charge on any atom is -0.492 e. The molecule has 3 nitrogen and oxygen atoms in total. The van der Waals surface area contributed by atoms with Gasteiger partial charge in [0.05, 0.1) is 0 Å². The van der Waals surface area contributed by atoms with Gasteiger partial charge >= 0.3 is 0 Å². The molecule has 0 N–H and O–H groups in total. The molecule has 0 amide bonds. The third-order valence-electron chi connectivity index (χ3n) is 4.68. The van der Waals surface area contributed by atoms with Gasteiger partial charge in [0, 0.05) is 20.7 Å². The molecule has 1 unspecified atom stereocenters. The van der Waals surface area contributed by atoms with Crippen molar-refractivity contribution in [3.05, 3.63) is 63.2 Å². The Balaban J connectivity index is 1.58. The number of rotatable bonds is 7. The Kier molecular flexibility index (Phi) is 6.48. The molecule has 3 rings (SSSR count). The predicted molar refractivity (Wildman–Crippen MR) is 109 cm³/mol. The predicted octanol–water partition coefficient (Wildman–Crippen LogP) is 4.78. The highest BCUT2D eigenvalue weighted by Crippen LogP contribution is 2.20. The van der Waals surface area contributed by atoms with Gasteiger partial charge in [-0.1, -0.05) is 6.92 Å². The lowest BCUT2D eigenvalue weighted by molar-refractivity contribution is 0.103. The van der Waals surface area contributed by atoms with Gasteiger partial charge in [-0.05, 0) is 103 Å². The average molecular weight is 449 g/mol. The molecule has 1 fully saturated rings. The van der Waals surface area contributed by atoms with E-state index in [0.29, 0.717) is 11.6 Å². The van der Waals surface area contributed by atoms with E-state index in [2.05, 4.69) is 34.4 Å². The molecule has 0 radical (unpaired) electrons. The first-order valence-electron chi connectivity index (χ1n) is 8.94. The van der Waals surface area contributed by atoms with Gasteiger partial charge < -0.3 is 4.74 Å².